The molecule has 10 heteroatoms. The van der Waals surface area contributed by atoms with Crippen LogP contribution in [0, 0.1) is 24.0 Å². The van der Waals surface area contributed by atoms with Crippen LogP contribution in [-0.4, -0.2) is 65.4 Å². The number of hydrogen-bond donors (Lipinski definition) is 1. The summed E-state index contributed by atoms with van der Waals surface area (Å²) in [6.45, 7) is 3.41. The number of nitrogens with two attached hydrogens (primary N) is 1. The van der Waals surface area contributed by atoms with Crippen LogP contribution in [-0.2, 0) is 0 Å². The topological polar surface area (TPSA) is 80.4 Å². The molecule has 3 aliphatic rings. The number of ether oxygens (including phenoxy) is 1. The van der Waals surface area contributed by atoms with E-state index in [2.05, 4.69) is 25.8 Å². The summed E-state index contributed by atoms with van der Waals surface area (Å²) in [4.78, 5) is 17.3. The molecule has 40 heavy (non-hydrogen) atoms. The van der Waals surface area contributed by atoms with Crippen molar-refractivity contribution in [2.75, 3.05) is 43.9 Å². The van der Waals surface area contributed by atoms with Crippen molar-refractivity contribution < 1.29 is 17.9 Å². The number of nitrogen functional groups attached to an aromatic ring is 1. The van der Waals surface area contributed by atoms with Crippen molar-refractivity contribution >= 4 is 33.2 Å². The van der Waals surface area contributed by atoms with Gasteiger partial charge in [0.05, 0.1) is 18.1 Å². The molecule has 7 nitrogen and oxygen atoms in total. The molecule has 2 unspecified atom stereocenters. The van der Waals surface area contributed by atoms with Gasteiger partial charge in [-0.1, -0.05) is 12.0 Å². The molecule has 4 aromatic rings. The van der Waals surface area contributed by atoms with E-state index in [1.54, 1.807) is 18.2 Å². The van der Waals surface area contributed by atoms with Gasteiger partial charge in [-0.05, 0) is 55.8 Å². The second-order valence-electron chi connectivity index (χ2n) is 10.4. The van der Waals surface area contributed by atoms with E-state index in [1.165, 1.54) is 32.2 Å². The summed E-state index contributed by atoms with van der Waals surface area (Å²) in [5, 5.41) is 1.44. The molecule has 0 aliphatic carbocycles. The molecule has 2 N–H and O–H groups in total. The fraction of sp³-hybridized carbons (Fsp3) is 0.367. The Morgan fingerprint density at radius 1 is 1.12 bits per heavy atom. The summed E-state index contributed by atoms with van der Waals surface area (Å²) in [6.07, 6.45) is 10.9. The van der Waals surface area contributed by atoms with Crippen molar-refractivity contribution in [2.45, 2.75) is 37.9 Å². The SMILES string of the molecule is C#Cc1c(F)ccc2cc(N)cc(-c3nc(N4CCC4)c4cnc(OC)nc4c3F)c12.FC1CC2CCCN2C1. The summed E-state index contributed by atoms with van der Waals surface area (Å²) in [7, 11) is 1.41. The fourth-order valence-corrected chi connectivity index (χ4v) is 5.89. The zero-order chi connectivity index (χ0) is 28.0. The fourth-order valence-electron chi connectivity index (χ4n) is 5.89. The van der Waals surface area contributed by atoms with Crippen molar-refractivity contribution in [3.8, 4) is 29.6 Å². The quantitative estimate of drug-likeness (QED) is 0.283. The monoisotopic (exact) mass is 546 g/mol. The van der Waals surface area contributed by atoms with Gasteiger partial charge >= 0.3 is 6.01 Å². The lowest BCUT2D eigenvalue weighted by atomic mass is 9.95. The van der Waals surface area contributed by atoms with E-state index in [0.29, 0.717) is 45.8 Å². The molecule has 0 bridgehead atoms. The summed E-state index contributed by atoms with van der Waals surface area (Å²) in [5.41, 5.74) is 6.85. The summed E-state index contributed by atoms with van der Waals surface area (Å²) in [5.74, 6) is 1.67. The molecule has 7 rings (SSSR count). The molecule has 2 aromatic heterocycles. The average Bonchev–Trinajstić information content (AvgIpc) is 3.50. The number of benzene rings is 2. The Balaban J connectivity index is 0.000000271. The Kier molecular flexibility index (Phi) is 6.84. The number of rotatable bonds is 3. The number of aromatic nitrogens is 3. The van der Waals surface area contributed by atoms with Crippen molar-refractivity contribution in [1.29, 1.82) is 0 Å². The third-order valence-electron chi connectivity index (χ3n) is 7.93. The highest BCUT2D eigenvalue weighted by Gasteiger charge is 2.34. The second kappa shape index (κ2) is 10.5. The third kappa shape index (κ3) is 4.54. The minimum atomic E-state index is -0.681. The van der Waals surface area contributed by atoms with Crippen LogP contribution in [0.5, 0.6) is 6.01 Å². The Hall–Kier alpha value is -4.10. The highest BCUT2D eigenvalue weighted by atomic mass is 19.1. The van der Waals surface area contributed by atoms with Crippen molar-refractivity contribution in [3.05, 3.63) is 47.7 Å². The first-order valence-electron chi connectivity index (χ1n) is 13.4. The largest absolute Gasteiger partial charge is 0.467 e. The van der Waals surface area contributed by atoms with Crippen molar-refractivity contribution in [3.63, 3.8) is 0 Å². The third-order valence-corrected chi connectivity index (χ3v) is 7.93. The van der Waals surface area contributed by atoms with Crippen LogP contribution in [0.25, 0.3) is 32.9 Å². The maximum Gasteiger partial charge on any atom is 0.316 e. The number of anilines is 2. The molecule has 3 fully saturated rings. The average molecular weight is 547 g/mol. The van der Waals surface area contributed by atoms with Gasteiger partial charge in [0.25, 0.3) is 0 Å². The van der Waals surface area contributed by atoms with Gasteiger partial charge in [0.2, 0.25) is 0 Å². The molecule has 3 aliphatic heterocycles. The summed E-state index contributed by atoms with van der Waals surface area (Å²) < 4.78 is 48.0. The number of nitrogens with zero attached hydrogens (tertiary/aromatic N) is 5. The molecule has 5 heterocycles. The Morgan fingerprint density at radius 2 is 1.95 bits per heavy atom. The van der Waals surface area contributed by atoms with Crippen LogP contribution in [0.1, 0.15) is 31.2 Å². The van der Waals surface area contributed by atoms with E-state index in [9.17, 15) is 8.78 Å². The highest BCUT2D eigenvalue weighted by Crippen LogP contribution is 2.39. The minimum Gasteiger partial charge on any atom is -0.467 e. The van der Waals surface area contributed by atoms with Gasteiger partial charge in [0, 0.05) is 48.5 Å². The molecule has 0 radical (unpaired) electrons. The predicted molar refractivity (Wildman–Crippen MR) is 150 cm³/mol. The maximum absolute atomic E-state index is 15.8. The molecule has 0 saturated carbocycles. The lowest BCUT2D eigenvalue weighted by Crippen LogP contribution is -2.38. The van der Waals surface area contributed by atoms with Gasteiger partial charge in [-0.2, -0.15) is 4.98 Å². The zero-order valence-electron chi connectivity index (χ0n) is 22.1. The van der Waals surface area contributed by atoms with Crippen LogP contribution in [0.2, 0.25) is 0 Å². The van der Waals surface area contributed by atoms with Crippen LogP contribution in [0.3, 0.4) is 0 Å². The predicted octanol–water partition coefficient (Wildman–Crippen LogP) is 5.10. The van der Waals surface area contributed by atoms with Crippen LogP contribution in [0.4, 0.5) is 24.7 Å². The second-order valence-corrected chi connectivity index (χ2v) is 10.4. The van der Waals surface area contributed by atoms with Gasteiger partial charge in [0.1, 0.15) is 29.0 Å². The number of methoxy groups -OCH3 is 1. The van der Waals surface area contributed by atoms with Crippen molar-refractivity contribution in [1.82, 2.24) is 19.9 Å². The Morgan fingerprint density at radius 3 is 2.65 bits per heavy atom. The molecular weight excluding hydrogens is 517 g/mol. The van der Waals surface area contributed by atoms with Gasteiger partial charge in [0.15, 0.2) is 5.82 Å². The Bertz CT molecular complexity index is 1640. The van der Waals surface area contributed by atoms with Gasteiger partial charge in [-0.3, -0.25) is 4.90 Å². The number of fused-ring (bicyclic) bond motifs is 3. The van der Waals surface area contributed by atoms with Crippen molar-refractivity contribution in [2.24, 2.45) is 0 Å². The number of halogens is 3. The van der Waals surface area contributed by atoms with Crippen LogP contribution >= 0.6 is 0 Å². The summed E-state index contributed by atoms with van der Waals surface area (Å²) in [6, 6.07) is 6.70. The molecule has 2 aromatic carbocycles. The molecule has 0 spiro atoms. The molecular formula is C30H29F3N6O. The van der Waals surface area contributed by atoms with E-state index >= 15 is 4.39 Å². The molecule has 2 atom stereocenters. The Labute approximate surface area is 230 Å². The zero-order valence-corrected chi connectivity index (χ0v) is 22.1. The van der Waals surface area contributed by atoms with E-state index in [-0.39, 0.29) is 22.8 Å². The number of pyridine rings is 1. The van der Waals surface area contributed by atoms with Gasteiger partial charge in [-0.25, -0.2) is 23.1 Å². The van der Waals surface area contributed by atoms with E-state index < -0.39 is 17.8 Å². The van der Waals surface area contributed by atoms with E-state index in [1.807, 2.05) is 4.90 Å². The number of alkyl halides is 1. The lowest BCUT2D eigenvalue weighted by molar-refractivity contribution is 0.292. The number of hydrogen-bond acceptors (Lipinski definition) is 7. The first-order chi connectivity index (χ1) is 19.4. The maximum atomic E-state index is 15.8. The van der Waals surface area contributed by atoms with Crippen LogP contribution < -0.4 is 15.4 Å². The first-order valence-corrected chi connectivity index (χ1v) is 13.4. The lowest BCUT2D eigenvalue weighted by Gasteiger charge is -2.33. The number of terminal acetylenes is 1. The summed E-state index contributed by atoms with van der Waals surface area (Å²) >= 11 is 0. The highest BCUT2D eigenvalue weighted by molar-refractivity contribution is 6.04. The molecule has 3 saturated heterocycles. The van der Waals surface area contributed by atoms with E-state index in [4.69, 9.17) is 16.9 Å². The van der Waals surface area contributed by atoms with Gasteiger partial charge in [-0.15, -0.1) is 6.42 Å². The standard InChI is InChI=1S/C23H17F2N5O.C7H12FN/c1-3-14-17(24)6-5-12-9-13(26)10-15(18(12)14)20-19(25)21-16(11-27-23(29-21)31-2)22(28-20)30-7-4-8-30;8-6-4-7-2-1-3-9(7)5-6/h1,5-6,9-11H,4,7-8,26H2,2H3;6-7H,1-5H2. The van der Waals surface area contributed by atoms with Crippen LogP contribution in [0.15, 0.2) is 30.5 Å². The molecule has 206 valence electrons. The van der Waals surface area contributed by atoms with E-state index in [0.717, 1.165) is 32.5 Å². The normalized spacial score (nSPS) is 20.1. The molecule has 0 amide bonds. The smallest absolute Gasteiger partial charge is 0.316 e. The minimum absolute atomic E-state index is 0.00504. The first kappa shape index (κ1) is 26.1. The van der Waals surface area contributed by atoms with Gasteiger partial charge < -0.3 is 15.4 Å².